The molecule has 0 aliphatic rings. The molecule has 0 saturated carbocycles. The van der Waals surface area contributed by atoms with Crippen LogP contribution in [0.4, 0.5) is 0 Å². The lowest BCUT2D eigenvalue weighted by atomic mass is 10.1. The predicted molar refractivity (Wildman–Crippen MR) is 68.1 cm³/mol. The third-order valence-corrected chi connectivity index (χ3v) is 2.57. The van der Waals surface area contributed by atoms with E-state index in [2.05, 4.69) is 19.2 Å². The van der Waals surface area contributed by atoms with Crippen molar-refractivity contribution in [2.45, 2.75) is 25.9 Å². The average Bonchev–Trinajstić information content (AvgIpc) is 2.25. The molecule has 1 rings (SSSR count). The van der Waals surface area contributed by atoms with Gasteiger partial charge in [-0.3, -0.25) is 0 Å². The Balaban J connectivity index is 2.80. The van der Waals surface area contributed by atoms with E-state index in [-0.39, 0.29) is 6.04 Å². The SMILES string of the molecule is COc1ccc(Cl)cc1C(N)CNC(C)C. The van der Waals surface area contributed by atoms with Crippen molar-refractivity contribution < 1.29 is 4.74 Å². The summed E-state index contributed by atoms with van der Waals surface area (Å²) in [6.07, 6.45) is 0. The number of ether oxygens (including phenoxy) is 1. The Labute approximate surface area is 102 Å². The molecule has 1 aromatic carbocycles. The van der Waals surface area contributed by atoms with Crippen molar-refractivity contribution in [2.24, 2.45) is 5.73 Å². The van der Waals surface area contributed by atoms with Crippen LogP contribution in [0.15, 0.2) is 18.2 Å². The molecule has 0 amide bonds. The highest BCUT2D eigenvalue weighted by Crippen LogP contribution is 2.26. The highest BCUT2D eigenvalue weighted by atomic mass is 35.5. The third kappa shape index (κ3) is 3.67. The Kier molecular flexibility index (Phi) is 5.06. The molecule has 1 atom stereocenters. The first kappa shape index (κ1) is 13.3. The summed E-state index contributed by atoms with van der Waals surface area (Å²) >= 11 is 5.95. The van der Waals surface area contributed by atoms with E-state index in [1.165, 1.54) is 0 Å². The number of hydrogen-bond donors (Lipinski definition) is 2. The summed E-state index contributed by atoms with van der Waals surface area (Å²) in [4.78, 5) is 0. The molecule has 1 unspecified atom stereocenters. The monoisotopic (exact) mass is 242 g/mol. The van der Waals surface area contributed by atoms with Crippen molar-refractivity contribution in [3.8, 4) is 5.75 Å². The topological polar surface area (TPSA) is 47.3 Å². The summed E-state index contributed by atoms with van der Waals surface area (Å²) in [5.74, 6) is 0.780. The third-order valence-electron chi connectivity index (χ3n) is 2.34. The number of nitrogens with one attached hydrogen (secondary N) is 1. The fourth-order valence-corrected chi connectivity index (χ4v) is 1.65. The van der Waals surface area contributed by atoms with Crippen LogP contribution < -0.4 is 15.8 Å². The summed E-state index contributed by atoms with van der Waals surface area (Å²) in [7, 11) is 1.63. The van der Waals surface area contributed by atoms with Crippen LogP contribution in [0.2, 0.25) is 5.02 Å². The van der Waals surface area contributed by atoms with E-state index >= 15 is 0 Å². The van der Waals surface area contributed by atoms with Crippen LogP contribution in [0.5, 0.6) is 5.75 Å². The van der Waals surface area contributed by atoms with Crippen molar-refractivity contribution in [2.75, 3.05) is 13.7 Å². The van der Waals surface area contributed by atoms with Crippen LogP contribution in [0.1, 0.15) is 25.5 Å². The molecule has 0 saturated heterocycles. The summed E-state index contributed by atoms with van der Waals surface area (Å²) < 4.78 is 5.26. The van der Waals surface area contributed by atoms with E-state index in [9.17, 15) is 0 Å². The van der Waals surface area contributed by atoms with E-state index in [1.807, 2.05) is 12.1 Å². The van der Waals surface area contributed by atoms with Crippen LogP contribution in [-0.2, 0) is 0 Å². The second-order valence-corrected chi connectivity index (χ2v) is 4.49. The Morgan fingerprint density at radius 2 is 2.12 bits per heavy atom. The molecule has 0 aliphatic heterocycles. The van der Waals surface area contributed by atoms with Gasteiger partial charge in [0.25, 0.3) is 0 Å². The Morgan fingerprint density at radius 1 is 1.44 bits per heavy atom. The van der Waals surface area contributed by atoms with Crippen LogP contribution in [-0.4, -0.2) is 19.7 Å². The lowest BCUT2D eigenvalue weighted by Gasteiger charge is -2.18. The van der Waals surface area contributed by atoms with Gasteiger partial charge >= 0.3 is 0 Å². The second kappa shape index (κ2) is 6.09. The quantitative estimate of drug-likeness (QED) is 0.833. The van der Waals surface area contributed by atoms with Gasteiger partial charge in [-0.05, 0) is 18.2 Å². The molecule has 3 N–H and O–H groups in total. The van der Waals surface area contributed by atoms with Crippen molar-refractivity contribution in [3.63, 3.8) is 0 Å². The van der Waals surface area contributed by atoms with E-state index in [4.69, 9.17) is 22.1 Å². The molecule has 0 aliphatic carbocycles. The summed E-state index contributed by atoms with van der Waals surface area (Å²) in [5, 5.41) is 3.97. The molecule has 90 valence electrons. The van der Waals surface area contributed by atoms with Gasteiger partial charge in [-0.1, -0.05) is 25.4 Å². The summed E-state index contributed by atoms with van der Waals surface area (Å²) in [6, 6.07) is 5.79. The minimum atomic E-state index is -0.115. The highest BCUT2D eigenvalue weighted by Gasteiger charge is 2.12. The van der Waals surface area contributed by atoms with Crippen LogP contribution in [0.25, 0.3) is 0 Å². The first-order chi connectivity index (χ1) is 7.54. The molecule has 16 heavy (non-hydrogen) atoms. The van der Waals surface area contributed by atoms with Crippen LogP contribution >= 0.6 is 11.6 Å². The van der Waals surface area contributed by atoms with Crippen LogP contribution in [0.3, 0.4) is 0 Å². The molecule has 0 spiro atoms. The van der Waals surface area contributed by atoms with Gasteiger partial charge in [0, 0.05) is 29.2 Å². The number of nitrogens with two attached hydrogens (primary N) is 1. The maximum absolute atomic E-state index is 6.09. The maximum atomic E-state index is 6.09. The van der Waals surface area contributed by atoms with Crippen molar-refractivity contribution >= 4 is 11.6 Å². The largest absolute Gasteiger partial charge is 0.496 e. The van der Waals surface area contributed by atoms with Crippen molar-refractivity contribution in [3.05, 3.63) is 28.8 Å². The average molecular weight is 243 g/mol. The van der Waals surface area contributed by atoms with Gasteiger partial charge in [-0.15, -0.1) is 0 Å². The van der Waals surface area contributed by atoms with Crippen LogP contribution in [0, 0.1) is 0 Å². The number of halogens is 1. The lowest BCUT2D eigenvalue weighted by molar-refractivity contribution is 0.403. The zero-order valence-corrected chi connectivity index (χ0v) is 10.7. The first-order valence-corrected chi connectivity index (χ1v) is 5.74. The van der Waals surface area contributed by atoms with Gasteiger partial charge in [-0.2, -0.15) is 0 Å². The van der Waals surface area contributed by atoms with Gasteiger partial charge in [-0.25, -0.2) is 0 Å². The summed E-state index contributed by atoms with van der Waals surface area (Å²) in [5.41, 5.74) is 7.02. The zero-order valence-electron chi connectivity index (χ0n) is 9.96. The standard InChI is InChI=1S/C12H19ClN2O/c1-8(2)15-7-11(14)10-6-9(13)4-5-12(10)16-3/h4-6,8,11,15H,7,14H2,1-3H3. The van der Waals surface area contributed by atoms with E-state index < -0.39 is 0 Å². The van der Waals surface area contributed by atoms with Gasteiger partial charge in [0.2, 0.25) is 0 Å². The molecule has 0 radical (unpaired) electrons. The second-order valence-electron chi connectivity index (χ2n) is 4.06. The van der Waals surface area contributed by atoms with Crippen molar-refractivity contribution in [1.29, 1.82) is 0 Å². The molecule has 4 heteroatoms. The molecule has 0 fully saturated rings. The van der Waals surface area contributed by atoms with Gasteiger partial charge in [0.1, 0.15) is 5.75 Å². The predicted octanol–water partition coefficient (Wildman–Crippen LogP) is 2.35. The van der Waals surface area contributed by atoms with Crippen molar-refractivity contribution in [1.82, 2.24) is 5.32 Å². The highest BCUT2D eigenvalue weighted by molar-refractivity contribution is 6.30. The molecule has 1 aromatic rings. The molecular weight excluding hydrogens is 224 g/mol. The molecule has 0 aromatic heterocycles. The maximum Gasteiger partial charge on any atom is 0.123 e. The smallest absolute Gasteiger partial charge is 0.123 e. The van der Waals surface area contributed by atoms with Gasteiger partial charge in [0.15, 0.2) is 0 Å². The normalized spacial score (nSPS) is 12.9. The Morgan fingerprint density at radius 3 is 2.69 bits per heavy atom. The summed E-state index contributed by atoms with van der Waals surface area (Å²) in [6.45, 7) is 4.87. The Bertz CT molecular complexity index is 342. The molecule has 0 bridgehead atoms. The van der Waals surface area contributed by atoms with E-state index in [0.29, 0.717) is 17.6 Å². The lowest BCUT2D eigenvalue weighted by Crippen LogP contribution is -2.31. The minimum Gasteiger partial charge on any atom is -0.496 e. The number of methoxy groups -OCH3 is 1. The van der Waals surface area contributed by atoms with E-state index in [1.54, 1.807) is 13.2 Å². The fraction of sp³-hybridized carbons (Fsp3) is 0.500. The molecular formula is C12H19ClN2O. The number of rotatable bonds is 5. The molecule has 0 heterocycles. The van der Waals surface area contributed by atoms with E-state index in [0.717, 1.165) is 11.3 Å². The molecule has 3 nitrogen and oxygen atoms in total. The van der Waals surface area contributed by atoms with Gasteiger partial charge in [0.05, 0.1) is 7.11 Å². The van der Waals surface area contributed by atoms with Gasteiger partial charge < -0.3 is 15.8 Å². The number of hydrogen-bond acceptors (Lipinski definition) is 3. The zero-order chi connectivity index (χ0) is 12.1. The number of benzene rings is 1. The minimum absolute atomic E-state index is 0.115. The Hall–Kier alpha value is -0.770. The fourth-order valence-electron chi connectivity index (χ4n) is 1.47. The first-order valence-electron chi connectivity index (χ1n) is 5.37.